The second-order valence-corrected chi connectivity index (χ2v) is 3.86. The first-order chi connectivity index (χ1) is 6.72. The molecule has 0 unspecified atom stereocenters. The van der Waals surface area contributed by atoms with E-state index in [2.05, 4.69) is 23.5 Å². The van der Waals surface area contributed by atoms with Crippen LogP contribution in [-0.2, 0) is 0 Å². The van der Waals surface area contributed by atoms with Crippen molar-refractivity contribution >= 4 is 22.4 Å². The fourth-order valence-corrected chi connectivity index (χ4v) is 2.02. The van der Waals surface area contributed by atoms with E-state index < -0.39 is 0 Å². The molecule has 1 aromatic heterocycles. The van der Waals surface area contributed by atoms with Crippen molar-refractivity contribution in [2.75, 3.05) is 18.2 Å². The van der Waals surface area contributed by atoms with Gasteiger partial charge in [-0.15, -0.1) is 0 Å². The summed E-state index contributed by atoms with van der Waals surface area (Å²) in [7, 11) is 1.61. The summed E-state index contributed by atoms with van der Waals surface area (Å²) in [6.45, 7) is 4.30. The third-order valence-electron chi connectivity index (χ3n) is 2.20. The Bertz CT molecular complexity index is 284. The van der Waals surface area contributed by atoms with Crippen molar-refractivity contribution in [2.24, 2.45) is 0 Å². The van der Waals surface area contributed by atoms with Gasteiger partial charge in [0.25, 0.3) is 0 Å². The number of anilines is 2. The van der Waals surface area contributed by atoms with E-state index in [-0.39, 0.29) is 0 Å². The van der Waals surface area contributed by atoms with Crippen LogP contribution >= 0.6 is 11.5 Å². The van der Waals surface area contributed by atoms with Gasteiger partial charge in [-0.05, 0) is 24.4 Å². The van der Waals surface area contributed by atoms with Crippen molar-refractivity contribution < 1.29 is 4.74 Å². The van der Waals surface area contributed by atoms with E-state index in [0.29, 0.717) is 17.6 Å². The summed E-state index contributed by atoms with van der Waals surface area (Å²) in [6.07, 6.45) is 2.16. The first kappa shape index (κ1) is 11.1. The van der Waals surface area contributed by atoms with Crippen LogP contribution in [0.25, 0.3) is 0 Å². The molecule has 0 aliphatic rings. The Balaban J connectivity index is 2.74. The second kappa shape index (κ2) is 5.05. The Kier molecular flexibility index (Phi) is 4.00. The maximum absolute atomic E-state index is 5.64. The summed E-state index contributed by atoms with van der Waals surface area (Å²) in [5, 5.41) is 4.30. The summed E-state index contributed by atoms with van der Waals surface area (Å²) < 4.78 is 9.21. The van der Waals surface area contributed by atoms with Crippen LogP contribution in [-0.4, -0.2) is 17.5 Å². The molecule has 1 heterocycles. The smallest absolute Gasteiger partial charge is 0.197 e. The zero-order chi connectivity index (χ0) is 10.6. The number of methoxy groups -OCH3 is 1. The average molecular weight is 215 g/mol. The van der Waals surface area contributed by atoms with Crippen molar-refractivity contribution in [3.05, 3.63) is 0 Å². The minimum absolute atomic E-state index is 0.462. The van der Waals surface area contributed by atoms with Gasteiger partial charge >= 0.3 is 0 Å². The van der Waals surface area contributed by atoms with Crippen molar-refractivity contribution in [1.29, 1.82) is 0 Å². The number of hydrogen-bond acceptors (Lipinski definition) is 5. The van der Waals surface area contributed by atoms with E-state index in [1.54, 1.807) is 7.11 Å². The number of aromatic nitrogens is 1. The molecule has 0 atom stereocenters. The van der Waals surface area contributed by atoms with Gasteiger partial charge in [0.1, 0.15) is 0 Å². The Labute approximate surface area is 88.6 Å². The normalized spacial score (nSPS) is 10.6. The summed E-state index contributed by atoms with van der Waals surface area (Å²) >= 11 is 1.35. The molecular weight excluding hydrogens is 198 g/mol. The molecule has 14 heavy (non-hydrogen) atoms. The van der Waals surface area contributed by atoms with Gasteiger partial charge in [0.2, 0.25) is 0 Å². The predicted octanol–water partition coefficient (Wildman–Crippen LogP) is 2.33. The van der Waals surface area contributed by atoms with E-state index in [1.165, 1.54) is 11.5 Å². The zero-order valence-electron chi connectivity index (χ0n) is 8.83. The summed E-state index contributed by atoms with van der Waals surface area (Å²) in [6, 6.07) is 0.462. The highest BCUT2D eigenvalue weighted by Crippen LogP contribution is 2.35. The van der Waals surface area contributed by atoms with Gasteiger partial charge < -0.3 is 15.8 Å². The van der Waals surface area contributed by atoms with Crippen LogP contribution < -0.4 is 15.8 Å². The maximum atomic E-state index is 5.64. The molecule has 0 bridgehead atoms. The fourth-order valence-electron chi connectivity index (χ4n) is 1.26. The van der Waals surface area contributed by atoms with Gasteiger partial charge in [-0.25, -0.2) is 0 Å². The van der Waals surface area contributed by atoms with E-state index in [4.69, 9.17) is 10.5 Å². The van der Waals surface area contributed by atoms with Crippen LogP contribution in [0.4, 0.5) is 10.8 Å². The topological polar surface area (TPSA) is 60.2 Å². The largest absolute Gasteiger partial charge is 0.490 e. The third-order valence-corrected chi connectivity index (χ3v) is 2.97. The lowest BCUT2D eigenvalue weighted by molar-refractivity contribution is 0.419. The molecule has 1 aromatic rings. The Morgan fingerprint density at radius 2 is 2.14 bits per heavy atom. The lowest BCUT2D eigenvalue weighted by Crippen LogP contribution is -2.16. The van der Waals surface area contributed by atoms with Gasteiger partial charge in [0.15, 0.2) is 16.6 Å². The molecule has 5 heteroatoms. The van der Waals surface area contributed by atoms with Crippen molar-refractivity contribution in [3.8, 4) is 5.75 Å². The molecule has 0 aromatic carbocycles. The molecule has 0 saturated carbocycles. The van der Waals surface area contributed by atoms with Gasteiger partial charge in [-0.3, -0.25) is 0 Å². The van der Waals surface area contributed by atoms with Gasteiger partial charge in [-0.2, -0.15) is 4.37 Å². The highest BCUT2D eigenvalue weighted by molar-refractivity contribution is 7.11. The van der Waals surface area contributed by atoms with Gasteiger partial charge in [-0.1, -0.05) is 13.8 Å². The van der Waals surface area contributed by atoms with Crippen molar-refractivity contribution in [2.45, 2.75) is 32.7 Å². The van der Waals surface area contributed by atoms with E-state index in [1.807, 2.05) is 0 Å². The van der Waals surface area contributed by atoms with E-state index in [9.17, 15) is 0 Å². The number of nitrogens with two attached hydrogens (primary N) is 1. The first-order valence-corrected chi connectivity index (χ1v) is 5.55. The lowest BCUT2D eigenvalue weighted by Gasteiger charge is -2.14. The highest BCUT2D eigenvalue weighted by Gasteiger charge is 2.14. The van der Waals surface area contributed by atoms with E-state index in [0.717, 1.165) is 17.8 Å². The number of nitrogen functional groups attached to an aromatic ring is 1. The Morgan fingerprint density at radius 1 is 1.50 bits per heavy atom. The zero-order valence-corrected chi connectivity index (χ0v) is 9.65. The van der Waals surface area contributed by atoms with Crippen LogP contribution in [0.3, 0.4) is 0 Å². The molecule has 0 amide bonds. The standard InChI is InChI=1S/C9H17N3OS/c1-4-6(5-2)11-9-7(13-3)8(10)12-14-9/h6,11H,4-5H2,1-3H3,(H2,10,12). The summed E-state index contributed by atoms with van der Waals surface area (Å²) in [5.41, 5.74) is 5.64. The van der Waals surface area contributed by atoms with Crippen molar-refractivity contribution in [3.63, 3.8) is 0 Å². The maximum Gasteiger partial charge on any atom is 0.197 e. The molecule has 0 aliphatic carbocycles. The molecule has 1 rings (SSSR count). The highest BCUT2D eigenvalue weighted by atomic mass is 32.1. The molecule has 0 saturated heterocycles. The summed E-state index contributed by atoms with van der Waals surface area (Å²) in [4.78, 5) is 0. The average Bonchev–Trinajstić information content (AvgIpc) is 2.55. The fraction of sp³-hybridized carbons (Fsp3) is 0.667. The predicted molar refractivity (Wildman–Crippen MR) is 61.1 cm³/mol. The van der Waals surface area contributed by atoms with Crippen molar-refractivity contribution in [1.82, 2.24) is 4.37 Å². The lowest BCUT2D eigenvalue weighted by atomic mass is 10.2. The summed E-state index contributed by atoms with van der Waals surface area (Å²) in [5.74, 6) is 1.13. The molecule has 0 aliphatic heterocycles. The number of nitrogens with one attached hydrogen (secondary N) is 1. The monoisotopic (exact) mass is 215 g/mol. The van der Waals surface area contributed by atoms with E-state index >= 15 is 0 Å². The van der Waals surface area contributed by atoms with Crippen LogP contribution in [0.2, 0.25) is 0 Å². The van der Waals surface area contributed by atoms with Crippen LogP contribution in [0.15, 0.2) is 0 Å². The molecule has 3 N–H and O–H groups in total. The quantitative estimate of drug-likeness (QED) is 0.791. The number of ether oxygens (including phenoxy) is 1. The Hall–Kier alpha value is -0.970. The minimum atomic E-state index is 0.462. The molecular formula is C9H17N3OS. The van der Waals surface area contributed by atoms with Crippen LogP contribution in [0.1, 0.15) is 26.7 Å². The second-order valence-electron chi connectivity index (χ2n) is 3.09. The van der Waals surface area contributed by atoms with Crippen LogP contribution in [0, 0.1) is 0 Å². The molecule has 4 nitrogen and oxygen atoms in total. The molecule has 0 radical (unpaired) electrons. The third kappa shape index (κ3) is 2.29. The number of hydrogen-bond donors (Lipinski definition) is 2. The van der Waals surface area contributed by atoms with Crippen LogP contribution in [0.5, 0.6) is 5.75 Å². The first-order valence-electron chi connectivity index (χ1n) is 4.78. The van der Waals surface area contributed by atoms with Gasteiger partial charge in [0.05, 0.1) is 7.11 Å². The molecule has 0 fully saturated rings. The minimum Gasteiger partial charge on any atom is -0.490 e. The molecule has 80 valence electrons. The SMILES string of the molecule is CCC(CC)Nc1snc(N)c1OC. The number of nitrogens with zero attached hydrogens (tertiary/aromatic N) is 1. The number of rotatable bonds is 5. The Morgan fingerprint density at radius 3 is 2.64 bits per heavy atom. The molecule has 0 spiro atoms. The van der Waals surface area contributed by atoms with Gasteiger partial charge in [0, 0.05) is 6.04 Å².